The van der Waals surface area contributed by atoms with E-state index in [1.807, 2.05) is 30.1 Å². The van der Waals surface area contributed by atoms with E-state index < -0.39 is 13.7 Å². The van der Waals surface area contributed by atoms with Crippen LogP contribution < -0.4 is 0 Å². The molecule has 0 aromatic rings. The summed E-state index contributed by atoms with van der Waals surface area (Å²) >= 11 is 1.01. The lowest BCUT2D eigenvalue weighted by Gasteiger charge is -2.47. The van der Waals surface area contributed by atoms with Gasteiger partial charge in [0.1, 0.15) is 7.85 Å². The van der Waals surface area contributed by atoms with Crippen LogP contribution in [-0.4, -0.2) is 140 Å². The molecule has 3 saturated heterocycles. The minimum Gasteiger partial charge on any atom is -0.380 e. The van der Waals surface area contributed by atoms with Crippen LogP contribution in [0.25, 0.3) is 0 Å². The largest absolute Gasteiger partial charge is 0.380 e. The Morgan fingerprint density at radius 3 is 2.20 bits per heavy atom. The first-order valence-corrected chi connectivity index (χ1v) is 17.2. The van der Waals surface area contributed by atoms with Crippen molar-refractivity contribution in [2.45, 2.75) is 84.0 Å². The summed E-state index contributed by atoms with van der Waals surface area (Å²) in [6.45, 7) is 18.4. The van der Waals surface area contributed by atoms with Gasteiger partial charge in [-0.1, -0.05) is 24.0 Å². The second kappa shape index (κ2) is 14.6. The van der Waals surface area contributed by atoms with Crippen molar-refractivity contribution >= 4 is 46.1 Å². The maximum atomic E-state index is 15.0. The summed E-state index contributed by atoms with van der Waals surface area (Å²) in [5.74, 6) is -0.0378. The minimum absolute atomic E-state index is 0.0870. The number of carbonyl (C=O) groups is 2. The van der Waals surface area contributed by atoms with E-state index in [1.54, 1.807) is 4.90 Å². The molecule has 3 fully saturated rings. The number of nitrogens with zero attached hydrogens (tertiary/aromatic N) is 4. The standard InChI is InChI=1S/C27H49B2N4O6PS/c1-20(34)41-19-25(35)30-8-10-32(11-9-30)40(36,33-13-21(12-22(28)14-33)17-37-27(5,6)7)38-18-23-15-31(26(2,3)4)16-24(29)39-23/h21-24H,8-19H2,1-7H3. The quantitative estimate of drug-likeness (QED) is 0.287. The third-order valence-corrected chi connectivity index (χ3v) is 11.0. The topological polar surface area (TPSA) is 91.9 Å². The van der Waals surface area contributed by atoms with Gasteiger partial charge in [0.2, 0.25) is 5.91 Å². The molecule has 0 bridgehead atoms. The molecule has 14 heteroatoms. The molecule has 5 atom stereocenters. The van der Waals surface area contributed by atoms with Crippen molar-refractivity contribution in [2.24, 2.45) is 5.92 Å². The first kappa shape index (κ1) is 35.1. The van der Waals surface area contributed by atoms with Crippen molar-refractivity contribution in [1.29, 1.82) is 0 Å². The molecule has 0 saturated carbocycles. The number of amides is 1. The normalized spacial score (nSPS) is 29.3. The van der Waals surface area contributed by atoms with Crippen molar-refractivity contribution in [1.82, 2.24) is 19.1 Å². The maximum absolute atomic E-state index is 15.0. The van der Waals surface area contributed by atoms with Crippen LogP contribution in [0.1, 0.15) is 54.9 Å². The fraction of sp³-hybridized carbons (Fsp3) is 0.926. The number of ether oxygens (including phenoxy) is 2. The van der Waals surface area contributed by atoms with Crippen molar-refractivity contribution in [3.63, 3.8) is 0 Å². The summed E-state index contributed by atoms with van der Waals surface area (Å²) in [5, 5.41) is -0.0870. The van der Waals surface area contributed by atoms with Gasteiger partial charge in [-0.25, -0.2) is 9.34 Å². The molecular weight excluding hydrogens is 561 g/mol. The van der Waals surface area contributed by atoms with E-state index in [-0.39, 0.29) is 52.4 Å². The van der Waals surface area contributed by atoms with Crippen LogP contribution in [0.15, 0.2) is 0 Å². The van der Waals surface area contributed by atoms with Crippen LogP contribution in [0.3, 0.4) is 0 Å². The number of hydrogen-bond acceptors (Lipinski definition) is 8. The zero-order valence-electron chi connectivity index (χ0n) is 26.0. The summed E-state index contributed by atoms with van der Waals surface area (Å²) in [6, 6.07) is -0.458. The van der Waals surface area contributed by atoms with Crippen LogP contribution in [0, 0.1) is 5.92 Å². The third-order valence-electron chi connectivity index (χ3n) is 7.59. The Morgan fingerprint density at radius 2 is 1.61 bits per heavy atom. The molecule has 3 heterocycles. The van der Waals surface area contributed by atoms with E-state index in [9.17, 15) is 14.2 Å². The highest BCUT2D eigenvalue weighted by atomic mass is 32.2. The zero-order chi connectivity index (χ0) is 30.6. The van der Waals surface area contributed by atoms with Crippen molar-refractivity contribution in [3.8, 4) is 0 Å². The molecule has 230 valence electrons. The highest BCUT2D eigenvalue weighted by Crippen LogP contribution is 2.57. The predicted octanol–water partition coefficient (Wildman–Crippen LogP) is 2.62. The van der Waals surface area contributed by atoms with Crippen LogP contribution in [-0.2, 0) is 28.2 Å². The van der Waals surface area contributed by atoms with Gasteiger partial charge in [-0.3, -0.25) is 19.1 Å². The van der Waals surface area contributed by atoms with Gasteiger partial charge in [0, 0.05) is 70.8 Å². The minimum atomic E-state index is -3.55. The van der Waals surface area contributed by atoms with Crippen molar-refractivity contribution < 1.29 is 28.2 Å². The van der Waals surface area contributed by atoms with E-state index in [4.69, 9.17) is 29.7 Å². The second-order valence-electron chi connectivity index (χ2n) is 13.4. The van der Waals surface area contributed by atoms with Crippen molar-refractivity contribution in [3.05, 3.63) is 0 Å². The van der Waals surface area contributed by atoms with E-state index in [2.05, 4.69) is 25.7 Å². The lowest BCUT2D eigenvalue weighted by molar-refractivity contribution is -0.129. The van der Waals surface area contributed by atoms with Gasteiger partial charge in [-0.05, 0) is 47.5 Å². The first-order chi connectivity index (χ1) is 19.0. The van der Waals surface area contributed by atoms with Gasteiger partial charge >= 0.3 is 7.67 Å². The molecule has 41 heavy (non-hydrogen) atoms. The van der Waals surface area contributed by atoms with Gasteiger partial charge in [0.05, 0.1) is 38.5 Å². The monoisotopic (exact) mass is 610 g/mol. The summed E-state index contributed by atoms with van der Waals surface area (Å²) in [4.78, 5) is 28.0. The molecule has 1 amide bonds. The zero-order valence-corrected chi connectivity index (χ0v) is 27.8. The highest BCUT2D eigenvalue weighted by molar-refractivity contribution is 8.14. The fourth-order valence-corrected chi connectivity index (χ4v) is 8.49. The molecule has 3 aliphatic heterocycles. The lowest BCUT2D eigenvalue weighted by atomic mass is 9.77. The molecule has 3 rings (SSSR count). The number of carbonyl (C=O) groups excluding carboxylic acids is 2. The number of rotatable bonds is 9. The molecule has 10 nitrogen and oxygen atoms in total. The lowest BCUT2D eigenvalue weighted by Crippen LogP contribution is -2.56. The van der Waals surface area contributed by atoms with Gasteiger partial charge in [-0.15, -0.1) is 0 Å². The van der Waals surface area contributed by atoms with Gasteiger partial charge in [0.25, 0.3) is 0 Å². The Labute approximate surface area is 254 Å². The molecule has 4 radical (unpaired) electrons. The fourth-order valence-electron chi connectivity index (χ4n) is 5.40. The third kappa shape index (κ3) is 10.6. The van der Waals surface area contributed by atoms with E-state index >= 15 is 0 Å². The second-order valence-corrected chi connectivity index (χ2v) is 17.0. The number of hydrogen-bond donors (Lipinski definition) is 0. The van der Waals surface area contributed by atoms with Crippen LogP contribution in [0.2, 0.25) is 5.82 Å². The van der Waals surface area contributed by atoms with E-state index in [1.165, 1.54) is 6.92 Å². The molecule has 3 aliphatic rings. The molecule has 0 aromatic heterocycles. The maximum Gasteiger partial charge on any atom is 0.346 e. The predicted molar refractivity (Wildman–Crippen MR) is 165 cm³/mol. The SMILES string of the molecule is [B]C1CC(COC(C)(C)C)CN(P(=O)(OCC2CN(C(C)(C)C)CC([B])O2)N2CCN(C(=O)CSC(C)=O)CC2)C1. The molecular formula is C27H49B2N4O6PS. The summed E-state index contributed by atoms with van der Waals surface area (Å²) in [6.07, 6.45) is 0.445. The summed E-state index contributed by atoms with van der Waals surface area (Å²) < 4.78 is 37.3. The average Bonchev–Trinajstić information content (AvgIpc) is 2.87. The van der Waals surface area contributed by atoms with Crippen LogP contribution >= 0.6 is 19.4 Å². The Balaban J connectivity index is 1.76. The smallest absolute Gasteiger partial charge is 0.346 e. The Kier molecular flexibility index (Phi) is 12.5. The molecule has 0 aliphatic carbocycles. The Morgan fingerprint density at radius 1 is 0.951 bits per heavy atom. The summed E-state index contributed by atoms with van der Waals surface area (Å²) in [5.41, 5.74) is -0.376. The van der Waals surface area contributed by atoms with Crippen molar-refractivity contribution in [2.75, 3.05) is 71.3 Å². The molecule has 0 aromatic carbocycles. The number of piperidine rings is 1. The van der Waals surface area contributed by atoms with Gasteiger partial charge < -0.3 is 18.9 Å². The average molecular weight is 610 g/mol. The first-order valence-electron chi connectivity index (χ1n) is 14.7. The Bertz CT molecular complexity index is 944. The number of morpholine rings is 1. The number of piperazine rings is 1. The molecule has 0 spiro atoms. The van der Waals surface area contributed by atoms with Crippen LogP contribution in [0.4, 0.5) is 0 Å². The summed E-state index contributed by atoms with van der Waals surface area (Å²) in [7, 11) is 9.18. The molecule has 5 unspecified atom stereocenters. The number of thioether (sulfide) groups is 1. The van der Waals surface area contributed by atoms with Gasteiger partial charge in [0.15, 0.2) is 5.12 Å². The van der Waals surface area contributed by atoms with Gasteiger partial charge in [-0.2, -0.15) is 0 Å². The molecule has 0 N–H and O–H groups in total. The van der Waals surface area contributed by atoms with E-state index in [0.29, 0.717) is 59.0 Å². The van der Waals surface area contributed by atoms with E-state index in [0.717, 1.165) is 18.2 Å². The Hall–Kier alpha value is -0.390. The highest BCUT2D eigenvalue weighted by Gasteiger charge is 2.45. The van der Waals surface area contributed by atoms with Crippen LogP contribution in [0.5, 0.6) is 0 Å².